The Morgan fingerprint density at radius 2 is 1.46 bits per heavy atom. The van der Waals surface area contributed by atoms with Crippen LogP contribution in [0.2, 0.25) is 0 Å². The molecule has 3 heterocycles. The van der Waals surface area contributed by atoms with E-state index in [4.69, 9.17) is 14.4 Å². The number of piperidine rings is 1. The van der Waals surface area contributed by atoms with Crippen molar-refractivity contribution >= 4 is 27.9 Å². The summed E-state index contributed by atoms with van der Waals surface area (Å²) in [5.41, 5.74) is 3.43. The molecule has 0 radical (unpaired) electrons. The van der Waals surface area contributed by atoms with Crippen molar-refractivity contribution in [1.82, 2.24) is 9.97 Å². The fourth-order valence-corrected chi connectivity index (χ4v) is 5.68. The Kier molecular flexibility index (Phi) is 5.59. The zero-order chi connectivity index (χ0) is 23.8. The van der Waals surface area contributed by atoms with Crippen molar-refractivity contribution in [3.05, 3.63) is 102 Å². The number of rotatable bonds is 5. The van der Waals surface area contributed by atoms with E-state index >= 15 is 0 Å². The summed E-state index contributed by atoms with van der Waals surface area (Å²) in [6.07, 6.45) is 2.53. The molecular formula is C30H30N3O2+. The molecule has 6 rings (SSSR count). The van der Waals surface area contributed by atoms with Gasteiger partial charge in [0, 0.05) is 30.6 Å². The van der Waals surface area contributed by atoms with Crippen LogP contribution in [-0.4, -0.2) is 28.2 Å². The normalized spacial score (nSPS) is 18.8. The third-order valence-electron chi connectivity index (χ3n) is 7.52. The Balaban J connectivity index is 1.36. The highest BCUT2D eigenvalue weighted by Crippen LogP contribution is 2.41. The fourth-order valence-electron chi connectivity index (χ4n) is 5.68. The standard InChI is InChI=1S/C30H29N3O2/c1-2-26-31-27-24-15-9-10-16-25(24)35-28(27)29(32-26)33-19-17-23(18-20-33)30(34,21-11-5-3-6-12-21)22-13-7-4-8-14-22/h3-16,23,34H,2,17-20H2,1H3/p+1. The number of quaternary nitrogens is 1. The molecule has 0 aliphatic carbocycles. The predicted molar refractivity (Wildman–Crippen MR) is 138 cm³/mol. The molecule has 1 saturated heterocycles. The molecule has 1 aliphatic heterocycles. The molecule has 0 spiro atoms. The summed E-state index contributed by atoms with van der Waals surface area (Å²) >= 11 is 0. The lowest BCUT2D eigenvalue weighted by molar-refractivity contribution is -0.842. The van der Waals surface area contributed by atoms with Crippen LogP contribution in [0.15, 0.2) is 89.3 Å². The summed E-state index contributed by atoms with van der Waals surface area (Å²) in [6.45, 7) is 3.84. The summed E-state index contributed by atoms with van der Waals surface area (Å²) in [6, 6.07) is 28.3. The predicted octanol–water partition coefficient (Wildman–Crippen LogP) is 4.80. The van der Waals surface area contributed by atoms with Crippen molar-refractivity contribution in [2.45, 2.75) is 31.8 Å². The SMILES string of the molecule is CCc1nc([NH+]2CCC(C(O)(c3ccccc3)c3ccccc3)CC2)c2oc3ccccc3c2n1. The second-order valence-corrected chi connectivity index (χ2v) is 9.49. The molecule has 1 aliphatic rings. The van der Waals surface area contributed by atoms with Gasteiger partial charge in [-0.25, -0.2) is 4.98 Å². The smallest absolute Gasteiger partial charge is 0.273 e. The number of furan rings is 1. The minimum atomic E-state index is -1.02. The van der Waals surface area contributed by atoms with Crippen molar-refractivity contribution in [1.29, 1.82) is 0 Å². The van der Waals surface area contributed by atoms with E-state index in [1.807, 2.05) is 78.9 Å². The van der Waals surface area contributed by atoms with E-state index in [9.17, 15) is 5.11 Å². The molecule has 2 N–H and O–H groups in total. The third kappa shape index (κ3) is 3.72. The van der Waals surface area contributed by atoms with Crippen LogP contribution in [0.3, 0.4) is 0 Å². The molecule has 1 fully saturated rings. The van der Waals surface area contributed by atoms with E-state index in [0.717, 1.165) is 77.2 Å². The van der Waals surface area contributed by atoms with Crippen LogP contribution in [0.5, 0.6) is 0 Å². The Bertz CT molecular complexity index is 1420. The van der Waals surface area contributed by atoms with Gasteiger partial charge in [0.05, 0.1) is 13.1 Å². The highest BCUT2D eigenvalue weighted by atomic mass is 16.3. The lowest BCUT2D eigenvalue weighted by Crippen LogP contribution is -3.09. The highest BCUT2D eigenvalue weighted by molar-refractivity contribution is 6.04. The number of para-hydroxylation sites is 1. The number of aliphatic hydroxyl groups is 1. The van der Waals surface area contributed by atoms with Crippen molar-refractivity contribution in [2.75, 3.05) is 13.1 Å². The molecule has 0 saturated carbocycles. The maximum absolute atomic E-state index is 12.2. The van der Waals surface area contributed by atoms with Gasteiger partial charge in [-0.3, -0.25) is 4.90 Å². The van der Waals surface area contributed by atoms with Gasteiger partial charge < -0.3 is 9.52 Å². The first kappa shape index (κ1) is 22.0. The van der Waals surface area contributed by atoms with Gasteiger partial charge in [0.1, 0.15) is 22.5 Å². The second kappa shape index (κ2) is 8.91. The third-order valence-corrected chi connectivity index (χ3v) is 7.52. The minimum absolute atomic E-state index is 0.106. The van der Waals surface area contributed by atoms with E-state index in [-0.39, 0.29) is 5.92 Å². The molecule has 5 aromatic rings. The molecule has 176 valence electrons. The van der Waals surface area contributed by atoms with Gasteiger partial charge >= 0.3 is 0 Å². The lowest BCUT2D eigenvalue weighted by Gasteiger charge is -2.40. The summed E-state index contributed by atoms with van der Waals surface area (Å²) < 4.78 is 6.27. The number of hydrogen-bond acceptors (Lipinski definition) is 4. The second-order valence-electron chi connectivity index (χ2n) is 9.49. The lowest BCUT2D eigenvalue weighted by atomic mass is 9.72. The number of benzene rings is 3. The van der Waals surface area contributed by atoms with Crippen molar-refractivity contribution in [3.8, 4) is 0 Å². The number of hydrogen-bond donors (Lipinski definition) is 2. The van der Waals surface area contributed by atoms with E-state index < -0.39 is 5.60 Å². The van der Waals surface area contributed by atoms with Gasteiger partial charge in [0.25, 0.3) is 5.82 Å². The summed E-state index contributed by atoms with van der Waals surface area (Å²) in [4.78, 5) is 11.0. The Labute approximate surface area is 205 Å². The average Bonchev–Trinajstić information content (AvgIpc) is 3.32. The van der Waals surface area contributed by atoms with Crippen molar-refractivity contribution in [2.24, 2.45) is 5.92 Å². The van der Waals surface area contributed by atoms with Gasteiger partial charge in [0.15, 0.2) is 0 Å². The summed E-state index contributed by atoms with van der Waals surface area (Å²) in [5.74, 6) is 1.90. The van der Waals surface area contributed by atoms with Crippen LogP contribution in [0.4, 0.5) is 5.82 Å². The number of fused-ring (bicyclic) bond motifs is 3. The molecule has 0 unspecified atom stereocenters. The molecule has 3 aromatic carbocycles. The van der Waals surface area contributed by atoms with Crippen molar-refractivity contribution in [3.63, 3.8) is 0 Å². The van der Waals surface area contributed by atoms with Gasteiger partial charge in [0.2, 0.25) is 5.58 Å². The topological polar surface area (TPSA) is 63.6 Å². The van der Waals surface area contributed by atoms with Gasteiger partial charge in [-0.1, -0.05) is 79.7 Å². The van der Waals surface area contributed by atoms with E-state index in [0.29, 0.717) is 0 Å². The van der Waals surface area contributed by atoms with Crippen LogP contribution >= 0.6 is 0 Å². The van der Waals surface area contributed by atoms with Crippen LogP contribution in [0.1, 0.15) is 36.7 Å². The van der Waals surface area contributed by atoms with Gasteiger partial charge in [-0.05, 0) is 23.3 Å². The molecule has 5 nitrogen and oxygen atoms in total. The summed E-state index contributed by atoms with van der Waals surface area (Å²) in [7, 11) is 0. The Morgan fingerprint density at radius 3 is 2.09 bits per heavy atom. The quantitative estimate of drug-likeness (QED) is 0.392. The maximum Gasteiger partial charge on any atom is 0.273 e. The van der Waals surface area contributed by atoms with Crippen molar-refractivity contribution < 1.29 is 14.4 Å². The van der Waals surface area contributed by atoms with E-state index in [1.165, 1.54) is 4.90 Å². The van der Waals surface area contributed by atoms with Crippen LogP contribution in [0, 0.1) is 5.92 Å². The summed E-state index contributed by atoms with van der Waals surface area (Å²) in [5, 5.41) is 13.3. The molecule has 2 aromatic heterocycles. The molecule has 35 heavy (non-hydrogen) atoms. The minimum Gasteiger partial charge on any atom is -0.446 e. The Hall–Kier alpha value is -3.54. The maximum atomic E-state index is 12.2. The van der Waals surface area contributed by atoms with E-state index in [2.05, 4.69) is 13.0 Å². The number of aromatic nitrogens is 2. The molecule has 0 amide bonds. The van der Waals surface area contributed by atoms with Gasteiger partial charge in [-0.15, -0.1) is 0 Å². The van der Waals surface area contributed by atoms with Crippen LogP contribution in [0.25, 0.3) is 22.1 Å². The first-order chi connectivity index (χ1) is 17.2. The fraction of sp³-hybridized carbons (Fsp3) is 0.267. The largest absolute Gasteiger partial charge is 0.446 e. The molecule has 0 atom stereocenters. The monoisotopic (exact) mass is 464 g/mol. The van der Waals surface area contributed by atoms with Crippen LogP contribution in [-0.2, 0) is 12.0 Å². The zero-order valence-corrected chi connectivity index (χ0v) is 19.9. The highest BCUT2D eigenvalue weighted by Gasteiger charge is 2.43. The zero-order valence-electron chi connectivity index (χ0n) is 19.9. The first-order valence-corrected chi connectivity index (χ1v) is 12.5. The van der Waals surface area contributed by atoms with Crippen LogP contribution < -0.4 is 4.90 Å². The van der Waals surface area contributed by atoms with Gasteiger partial charge in [-0.2, -0.15) is 4.98 Å². The number of nitrogens with one attached hydrogen (secondary N) is 1. The molecule has 5 heteroatoms. The average molecular weight is 465 g/mol. The molecular weight excluding hydrogens is 434 g/mol. The van der Waals surface area contributed by atoms with E-state index in [1.54, 1.807) is 0 Å². The number of nitrogens with zero attached hydrogens (tertiary/aromatic N) is 2. The Morgan fingerprint density at radius 1 is 0.857 bits per heavy atom. The first-order valence-electron chi connectivity index (χ1n) is 12.5. The number of aryl methyl sites for hydroxylation is 1. The molecule has 0 bridgehead atoms.